The second-order valence-corrected chi connectivity index (χ2v) is 8.21. The number of rotatable bonds is 8. The Labute approximate surface area is 193 Å². The summed E-state index contributed by atoms with van der Waals surface area (Å²) in [5.74, 6) is -1.19. The first-order chi connectivity index (χ1) is 15.7. The van der Waals surface area contributed by atoms with E-state index < -0.39 is 41.6 Å². The molecule has 4 atom stereocenters. The van der Waals surface area contributed by atoms with Crippen LogP contribution in [0.3, 0.4) is 0 Å². The molecule has 0 amide bonds. The zero-order valence-corrected chi connectivity index (χ0v) is 19.7. The molecule has 0 spiro atoms. The molecule has 1 saturated carbocycles. The van der Waals surface area contributed by atoms with Crippen LogP contribution in [0.1, 0.15) is 45.1 Å². The van der Waals surface area contributed by atoms with E-state index in [2.05, 4.69) is 0 Å². The molecule has 0 radical (unpaired) electrons. The summed E-state index contributed by atoms with van der Waals surface area (Å²) < 4.78 is 33.2. The highest BCUT2D eigenvalue weighted by atomic mass is 16.8. The Morgan fingerprint density at radius 1 is 1.09 bits per heavy atom. The Morgan fingerprint density at radius 3 is 2.39 bits per heavy atom. The quantitative estimate of drug-likeness (QED) is 0.458. The van der Waals surface area contributed by atoms with Crippen LogP contribution >= 0.6 is 0 Å². The van der Waals surface area contributed by atoms with Crippen molar-refractivity contribution < 1.29 is 43.1 Å². The molecule has 3 rings (SSSR count). The van der Waals surface area contributed by atoms with Crippen molar-refractivity contribution in [1.82, 2.24) is 0 Å². The van der Waals surface area contributed by atoms with E-state index in [0.29, 0.717) is 29.9 Å². The Kier molecular flexibility index (Phi) is 7.66. The Balaban J connectivity index is 1.78. The molecule has 9 heteroatoms. The van der Waals surface area contributed by atoms with E-state index in [0.717, 1.165) is 0 Å². The molecule has 0 unspecified atom stereocenters. The van der Waals surface area contributed by atoms with Crippen molar-refractivity contribution in [1.29, 1.82) is 0 Å². The first kappa shape index (κ1) is 25.0. The molecule has 1 heterocycles. The molecule has 2 fully saturated rings. The van der Waals surface area contributed by atoms with Gasteiger partial charge in [-0.15, -0.1) is 0 Å². The standard InChI is InChI=1S/C24H32O9/c1-6-24(7-2)32-19-14-23(27,22(26)30-5)13-18(21(19)33-24)31-20(25)11-9-15-8-10-16(28-3)17(12-15)29-4/h8-12,18-19,21,27H,6-7,13-14H2,1-5H3/b11-9+/t18-,19-,21+,23-/m1/s1. The minimum Gasteiger partial charge on any atom is -0.493 e. The van der Waals surface area contributed by atoms with Gasteiger partial charge in [-0.3, -0.25) is 0 Å². The molecular formula is C24H32O9. The third-order valence-corrected chi connectivity index (χ3v) is 6.26. The number of methoxy groups -OCH3 is 3. The molecule has 33 heavy (non-hydrogen) atoms. The zero-order valence-electron chi connectivity index (χ0n) is 19.7. The molecule has 0 bridgehead atoms. The summed E-state index contributed by atoms with van der Waals surface area (Å²) in [5, 5.41) is 11.0. The molecule has 1 aliphatic carbocycles. The second kappa shape index (κ2) is 10.1. The van der Waals surface area contributed by atoms with Gasteiger partial charge in [0.25, 0.3) is 0 Å². The maximum atomic E-state index is 12.6. The van der Waals surface area contributed by atoms with E-state index in [-0.39, 0.29) is 12.8 Å². The Morgan fingerprint density at radius 2 is 1.79 bits per heavy atom. The fourth-order valence-electron chi connectivity index (χ4n) is 4.39. The van der Waals surface area contributed by atoms with Crippen LogP contribution in [0.15, 0.2) is 24.3 Å². The third kappa shape index (κ3) is 5.15. The molecule has 1 aliphatic heterocycles. The first-order valence-corrected chi connectivity index (χ1v) is 11.0. The summed E-state index contributed by atoms with van der Waals surface area (Å²) >= 11 is 0. The fraction of sp³-hybridized carbons (Fsp3) is 0.583. The van der Waals surface area contributed by atoms with Crippen molar-refractivity contribution in [3.8, 4) is 11.5 Å². The lowest BCUT2D eigenvalue weighted by molar-refractivity contribution is -0.191. The van der Waals surface area contributed by atoms with Crippen LogP contribution in [0.25, 0.3) is 6.08 Å². The maximum Gasteiger partial charge on any atom is 0.338 e. The summed E-state index contributed by atoms with van der Waals surface area (Å²) in [5.41, 5.74) is -1.14. The summed E-state index contributed by atoms with van der Waals surface area (Å²) in [6.45, 7) is 3.86. The lowest BCUT2D eigenvalue weighted by atomic mass is 9.79. The number of esters is 2. The van der Waals surface area contributed by atoms with Gasteiger partial charge < -0.3 is 33.5 Å². The van der Waals surface area contributed by atoms with E-state index in [4.69, 9.17) is 28.4 Å². The summed E-state index contributed by atoms with van der Waals surface area (Å²) in [6, 6.07) is 5.22. The minimum atomic E-state index is -1.84. The topological polar surface area (TPSA) is 110 Å². The monoisotopic (exact) mass is 464 g/mol. The van der Waals surface area contributed by atoms with Gasteiger partial charge in [0.05, 0.1) is 27.4 Å². The minimum absolute atomic E-state index is 0.00161. The van der Waals surface area contributed by atoms with Crippen molar-refractivity contribution >= 4 is 18.0 Å². The SMILES string of the molecule is CCC1(CC)O[C@H]2[C@H](OC(=O)/C=C/c3ccc(OC)c(OC)c3)C[C@](O)(C(=O)OC)C[C@H]2O1. The van der Waals surface area contributed by atoms with Gasteiger partial charge in [0, 0.05) is 18.9 Å². The van der Waals surface area contributed by atoms with Crippen LogP contribution in [0.5, 0.6) is 11.5 Å². The third-order valence-electron chi connectivity index (χ3n) is 6.26. The average Bonchev–Trinajstić information content (AvgIpc) is 3.21. The normalized spacial score (nSPS) is 28.2. The average molecular weight is 465 g/mol. The van der Waals surface area contributed by atoms with Crippen LogP contribution < -0.4 is 9.47 Å². The van der Waals surface area contributed by atoms with E-state index >= 15 is 0 Å². The highest BCUT2D eigenvalue weighted by Crippen LogP contribution is 2.45. The predicted octanol–water partition coefficient (Wildman–Crippen LogP) is 2.63. The lowest BCUT2D eigenvalue weighted by Crippen LogP contribution is -2.56. The van der Waals surface area contributed by atoms with E-state index in [1.807, 2.05) is 13.8 Å². The van der Waals surface area contributed by atoms with E-state index in [9.17, 15) is 14.7 Å². The van der Waals surface area contributed by atoms with Gasteiger partial charge in [0.2, 0.25) is 0 Å². The predicted molar refractivity (Wildman–Crippen MR) is 118 cm³/mol. The number of aliphatic hydroxyl groups is 1. The molecule has 9 nitrogen and oxygen atoms in total. The Hall–Kier alpha value is -2.62. The smallest absolute Gasteiger partial charge is 0.338 e. The summed E-state index contributed by atoms with van der Waals surface area (Å²) in [4.78, 5) is 24.9. The number of benzene rings is 1. The highest BCUT2D eigenvalue weighted by Gasteiger charge is 2.59. The van der Waals surface area contributed by atoms with Crippen LogP contribution in [-0.4, -0.2) is 68.1 Å². The molecule has 1 N–H and O–H groups in total. The van der Waals surface area contributed by atoms with Crippen molar-refractivity contribution in [2.45, 2.75) is 69.2 Å². The number of hydrogen-bond donors (Lipinski definition) is 1. The molecular weight excluding hydrogens is 432 g/mol. The maximum absolute atomic E-state index is 12.6. The van der Waals surface area contributed by atoms with E-state index in [1.54, 1.807) is 24.3 Å². The highest BCUT2D eigenvalue weighted by molar-refractivity contribution is 5.87. The van der Waals surface area contributed by atoms with Gasteiger partial charge in [-0.1, -0.05) is 19.9 Å². The second-order valence-electron chi connectivity index (χ2n) is 8.21. The fourth-order valence-corrected chi connectivity index (χ4v) is 4.39. The van der Waals surface area contributed by atoms with Crippen LogP contribution in [0, 0.1) is 0 Å². The molecule has 1 aromatic rings. The van der Waals surface area contributed by atoms with Gasteiger partial charge in [0.15, 0.2) is 22.9 Å². The summed E-state index contributed by atoms with van der Waals surface area (Å²) in [6.07, 6.45) is 1.74. The lowest BCUT2D eigenvalue weighted by Gasteiger charge is -2.39. The van der Waals surface area contributed by atoms with Gasteiger partial charge in [-0.25, -0.2) is 9.59 Å². The number of fused-ring (bicyclic) bond motifs is 1. The van der Waals surface area contributed by atoms with Crippen molar-refractivity contribution in [2.24, 2.45) is 0 Å². The molecule has 1 aromatic carbocycles. The van der Waals surface area contributed by atoms with Crippen molar-refractivity contribution in [2.75, 3.05) is 21.3 Å². The largest absolute Gasteiger partial charge is 0.493 e. The zero-order chi connectivity index (χ0) is 24.2. The van der Waals surface area contributed by atoms with Gasteiger partial charge in [-0.05, 0) is 36.6 Å². The van der Waals surface area contributed by atoms with Gasteiger partial charge in [0.1, 0.15) is 12.2 Å². The Bertz CT molecular complexity index is 892. The summed E-state index contributed by atoms with van der Waals surface area (Å²) in [7, 11) is 4.27. The van der Waals surface area contributed by atoms with Crippen LogP contribution in [0.2, 0.25) is 0 Å². The number of carbonyl (C=O) groups excluding carboxylic acids is 2. The van der Waals surface area contributed by atoms with Crippen molar-refractivity contribution in [3.63, 3.8) is 0 Å². The van der Waals surface area contributed by atoms with Crippen molar-refractivity contribution in [3.05, 3.63) is 29.8 Å². The van der Waals surface area contributed by atoms with Gasteiger partial charge >= 0.3 is 11.9 Å². The number of hydrogen-bond acceptors (Lipinski definition) is 9. The molecule has 1 saturated heterocycles. The van der Waals surface area contributed by atoms with E-state index in [1.165, 1.54) is 27.4 Å². The molecule has 182 valence electrons. The number of ether oxygens (including phenoxy) is 6. The molecule has 2 aliphatic rings. The van der Waals surface area contributed by atoms with Crippen LogP contribution in [-0.2, 0) is 28.5 Å². The number of carbonyl (C=O) groups is 2. The first-order valence-electron chi connectivity index (χ1n) is 11.0. The molecule has 0 aromatic heterocycles. The van der Waals surface area contributed by atoms with Gasteiger partial charge in [-0.2, -0.15) is 0 Å². The van der Waals surface area contributed by atoms with Crippen LogP contribution in [0.4, 0.5) is 0 Å².